The van der Waals surface area contributed by atoms with Gasteiger partial charge in [-0.15, -0.1) is 0 Å². The molecule has 0 aliphatic carbocycles. The van der Waals surface area contributed by atoms with Gasteiger partial charge in [0.15, 0.2) is 0 Å². The van der Waals surface area contributed by atoms with Crippen LogP contribution in [0, 0.1) is 0 Å². The largest absolute Gasteiger partial charge is 0.497 e. The molecular weight excluding hydrogens is 450 g/mol. The van der Waals surface area contributed by atoms with Crippen molar-refractivity contribution in [2.45, 2.75) is 13.5 Å². The number of allylic oxidation sites excluding steroid dienone is 1. The summed E-state index contributed by atoms with van der Waals surface area (Å²) in [7, 11) is 3.24. The summed E-state index contributed by atoms with van der Waals surface area (Å²) in [5, 5.41) is 6.27. The fourth-order valence-electron chi connectivity index (χ4n) is 4.41. The predicted molar refractivity (Wildman–Crippen MR) is 144 cm³/mol. The number of methoxy groups -OCH3 is 2. The van der Waals surface area contributed by atoms with Gasteiger partial charge in [0.25, 0.3) is 0 Å². The monoisotopic (exact) mass is 477 g/mol. The van der Waals surface area contributed by atoms with Crippen LogP contribution in [0.4, 0.5) is 0 Å². The Morgan fingerprint density at radius 3 is 2.56 bits per heavy atom. The number of fused-ring (bicyclic) bond motifs is 2. The molecule has 5 heteroatoms. The van der Waals surface area contributed by atoms with E-state index < -0.39 is 0 Å². The van der Waals surface area contributed by atoms with E-state index in [0.717, 1.165) is 44.5 Å². The number of benzene rings is 4. The van der Waals surface area contributed by atoms with Gasteiger partial charge in [-0.25, -0.2) is 0 Å². The third kappa shape index (κ3) is 4.68. The summed E-state index contributed by atoms with van der Waals surface area (Å²) >= 11 is 0. The first-order valence-electron chi connectivity index (χ1n) is 11.7. The minimum absolute atomic E-state index is 0.181. The second kappa shape index (κ2) is 10.0. The highest BCUT2D eigenvalue weighted by atomic mass is 16.5. The Kier molecular flexibility index (Phi) is 6.46. The lowest BCUT2D eigenvalue weighted by Crippen LogP contribution is -2.20. The van der Waals surface area contributed by atoms with Crippen molar-refractivity contribution in [3.63, 3.8) is 0 Å². The maximum Gasteiger partial charge on any atom is 0.244 e. The molecule has 36 heavy (non-hydrogen) atoms. The molecule has 1 aromatic heterocycles. The van der Waals surface area contributed by atoms with Gasteiger partial charge in [-0.05, 0) is 58.7 Å². The molecule has 5 aromatic rings. The van der Waals surface area contributed by atoms with Crippen molar-refractivity contribution in [2.75, 3.05) is 14.2 Å². The highest BCUT2D eigenvalue weighted by Gasteiger charge is 2.15. The Hall–Kier alpha value is -4.51. The minimum atomic E-state index is -0.181. The fourth-order valence-corrected chi connectivity index (χ4v) is 4.41. The molecule has 0 radical (unpaired) electrons. The van der Waals surface area contributed by atoms with Gasteiger partial charge in [0, 0.05) is 35.2 Å². The minimum Gasteiger partial charge on any atom is -0.497 e. The maximum atomic E-state index is 12.7. The zero-order chi connectivity index (χ0) is 25.1. The van der Waals surface area contributed by atoms with Crippen molar-refractivity contribution in [1.29, 1.82) is 0 Å². The first-order valence-corrected chi connectivity index (χ1v) is 11.7. The topological polar surface area (TPSA) is 60.7 Å². The highest BCUT2D eigenvalue weighted by Crippen LogP contribution is 2.38. The van der Waals surface area contributed by atoms with Crippen molar-refractivity contribution in [3.8, 4) is 22.6 Å². The standard InChI is InChI=1S/C31H27NO4/c1-20(13-31(33)32-18-21-7-6-10-25(14-21)34-2)26-16-27-28(19-36-30(27)17-29(26)35-3)24-12-11-22-8-4-5-9-23(22)15-24/h4-17,19H,18H2,1-3H3,(H,32,33)/b20-13+. The van der Waals surface area contributed by atoms with Crippen LogP contribution in [0.1, 0.15) is 18.1 Å². The molecule has 5 nitrogen and oxygen atoms in total. The molecule has 0 aliphatic rings. The zero-order valence-electron chi connectivity index (χ0n) is 20.5. The Morgan fingerprint density at radius 1 is 0.917 bits per heavy atom. The van der Waals surface area contributed by atoms with Gasteiger partial charge in [-0.2, -0.15) is 0 Å². The first-order chi connectivity index (χ1) is 17.6. The van der Waals surface area contributed by atoms with Crippen molar-refractivity contribution in [3.05, 3.63) is 102 Å². The Bertz CT molecular complexity index is 1600. The van der Waals surface area contributed by atoms with Gasteiger partial charge in [-0.3, -0.25) is 4.79 Å². The average Bonchev–Trinajstić information content (AvgIpc) is 3.33. The molecule has 0 fully saturated rings. The van der Waals surface area contributed by atoms with E-state index in [9.17, 15) is 4.79 Å². The van der Waals surface area contributed by atoms with Crippen LogP contribution in [0.5, 0.6) is 11.5 Å². The van der Waals surface area contributed by atoms with Crippen molar-refractivity contribution in [1.82, 2.24) is 5.32 Å². The van der Waals surface area contributed by atoms with E-state index in [4.69, 9.17) is 13.9 Å². The summed E-state index contributed by atoms with van der Waals surface area (Å²) in [6.07, 6.45) is 3.37. The number of nitrogens with one attached hydrogen (secondary N) is 1. The number of hydrogen-bond donors (Lipinski definition) is 1. The van der Waals surface area contributed by atoms with Gasteiger partial charge >= 0.3 is 0 Å². The van der Waals surface area contributed by atoms with Crippen LogP contribution in [0.15, 0.2) is 95.6 Å². The molecular formula is C31H27NO4. The lowest BCUT2D eigenvalue weighted by molar-refractivity contribution is -0.116. The summed E-state index contributed by atoms with van der Waals surface area (Å²) < 4.78 is 16.8. The Labute approximate surface area is 210 Å². The van der Waals surface area contributed by atoms with Crippen molar-refractivity contribution >= 4 is 33.2 Å². The normalized spacial score (nSPS) is 11.6. The average molecular weight is 478 g/mol. The first kappa shape index (κ1) is 23.2. The molecule has 0 saturated heterocycles. The molecule has 0 unspecified atom stereocenters. The van der Waals surface area contributed by atoms with Gasteiger partial charge < -0.3 is 19.2 Å². The molecule has 0 spiro atoms. The number of furan rings is 1. The third-order valence-corrected chi connectivity index (χ3v) is 6.33. The molecule has 180 valence electrons. The maximum absolute atomic E-state index is 12.7. The van der Waals surface area contributed by atoms with E-state index in [-0.39, 0.29) is 5.91 Å². The number of rotatable bonds is 7. The van der Waals surface area contributed by atoms with Gasteiger partial charge in [0.05, 0.1) is 20.5 Å². The molecule has 1 amide bonds. The van der Waals surface area contributed by atoms with E-state index in [2.05, 4.69) is 35.6 Å². The van der Waals surface area contributed by atoms with E-state index in [1.165, 1.54) is 10.8 Å². The van der Waals surface area contributed by atoms with Crippen LogP contribution in [-0.4, -0.2) is 20.1 Å². The van der Waals surface area contributed by atoms with Crippen LogP contribution < -0.4 is 14.8 Å². The van der Waals surface area contributed by atoms with Crippen molar-refractivity contribution in [2.24, 2.45) is 0 Å². The Balaban J connectivity index is 1.45. The van der Waals surface area contributed by atoms with Crippen molar-refractivity contribution < 1.29 is 18.7 Å². The Morgan fingerprint density at radius 2 is 1.75 bits per heavy atom. The summed E-state index contributed by atoms with van der Waals surface area (Å²) in [5.41, 5.74) is 5.39. The van der Waals surface area contributed by atoms with E-state index in [0.29, 0.717) is 12.3 Å². The smallest absolute Gasteiger partial charge is 0.244 e. The molecule has 0 saturated carbocycles. The third-order valence-electron chi connectivity index (χ3n) is 6.33. The number of carbonyl (C=O) groups is 1. The number of hydrogen-bond acceptors (Lipinski definition) is 4. The van der Waals surface area contributed by atoms with Crippen LogP contribution >= 0.6 is 0 Å². The lowest BCUT2D eigenvalue weighted by atomic mass is 9.97. The van der Waals surface area contributed by atoms with Crippen LogP contribution in [0.3, 0.4) is 0 Å². The zero-order valence-corrected chi connectivity index (χ0v) is 20.5. The second-order valence-electron chi connectivity index (χ2n) is 8.66. The molecule has 1 heterocycles. The molecule has 0 bridgehead atoms. The molecule has 4 aromatic carbocycles. The number of amides is 1. The number of ether oxygens (including phenoxy) is 2. The fraction of sp³-hybridized carbons (Fsp3) is 0.129. The lowest BCUT2D eigenvalue weighted by Gasteiger charge is -2.11. The SMILES string of the molecule is COc1cccc(CNC(=O)/C=C(\C)c2cc3c(-c4ccc5ccccc5c4)coc3cc2OC)c1. The van der Waals surface area contributed by atoms with E-state index >= 15 is 0 Å². The summed E-state index contributed by atoms with van der Waals surface area (Å²) in [4.78, 5) is 12.7. The van der Waals surface area contributed by atoms with E-state index in [1.54, 1.807) is 26.6 Å². The second-order valence-corrected chi connectivity index (χ2v) is 8.66. The number of carbonyl (C=O) groups excluding carboxylic acids is 1. The van der Waals surface area contributed by atoms with Gasteiger partial charge in [-0.1, -0.05) is 48.5 Å². The van der Waals surface area contributed by atoms with E-state index in [1.807, 2.05) is 55.5 Å². The summed E-state index contributed by atoms with van der Waals surface area (Å²) in [5.74, 6) is 1.23. The molecule has 1 N–H and O–H groups in total. The molecule has 0 atom stereocenters. The van der Waals surface area contributed by atoms with Crippen LogP contribution in [-0.2, 0) is 11.3 Å². The molecule has 0 aliphatic heterocycles. The van der Waals surface area contributed by atoms with Gasteiger partial charge in [0.1, 0.15) is 17.1 Å². The van der Waals surface area contributed by atoms with Gasteiger partial charge in [0.2, 0.25) is 5.91 Å². The highest BCUT2D eigenvalue weighted by molar-refractivity contribution is 6.01. The quantitative estimate of drug-likeness (QED) is 0.257. The van der Waals surface area contributed by atoms with Crippen LogP contribution in [0.2, 0.25) is 0 Å². The summed E-state index contributed by atoms with van der Waals surface area (Å²) in [6.45, 7) is 2.31. The predicted octanol–water partition coefficient (Wildman–Crippen LogP) is 6.99. The molecule has 5 rings (SSSR count). The van der Waals surface area contributed by atoms with Crippen LogP contribution in [0.25, 0.3) is 38.4 Å². The summed E-state index contributed by atoms with van der Waals surface area (Å²) in [6, 6.07) is 26.2.